The van der Waals surface area contributed by atoms with Crippen LogP contribution in [0.25, 0.3) is 0 Å². The van der Waals surface area contributed by atoms with Crippen molar-refractivity contribution < 1.29 is 27.9 Å². The lowest BCUT2D eigenvalue weighted by molar-refractivity contribution is -0.190. The molecule has 0 saturated carbocycles. The summed E-state index contributed by atoms with van der Waals surface area (Å²) in [6.07, 6.45) is -4.39. The van der Waals surface area contributed by atoms with Crippen LogP contribution in [0.1, 0.15) is 5.56 Å². The zero-order chi connectivity index (χ0) is 12.9. The second-order valence-electron chi connectivity index (χ2n) is 3.22. The zero-order valence-corrected chi connectivity index (χ0v) is 9.04. The lowest BCUT2D eigenvalue weighted by atomic mass is 10.2. The minimum absolute atomic E-state index is 0.0473. The number of phenolic OH excluding ortho intramolecular Hbond substituents is 1. The summed E-state index contributed by atoms with van der Waals surface area (Å²) in [6, 6.07) is 4.42. The summed E-state index contributed by atoms with van der Waals surface area (Å²) in [5.74, 6) is 0.448. The number of alkyl halides is 3. The Hall–Kier alpha value is -1.47. The minimum atomic E-state index is -4.39. The van der Waals surface area contributed by atoms with Gasteiger partial charge in [-0.1, -0.05) is 0 Å². The molecule has 1 aromatic rings. The van der Waals surface area contributed by atoms with Crippen LogP contribution in [0.4, 0.5) is 13.2 Å². The van der Waals surface area contributed by atoms with Gasteiger partial charge in [-0.25, -0.2) is 0 Å². The molecule has 0 heterocycles. The Labute approximate surface area is 95.9 Å². The van der Waals surface area contributed by atoms with Crippen LogP contribution in [0.3, 0.4) is 0 Å². The third-order valence-corrected chi connectivity index (χ3v) is 1.89. The van der Waals surface area contributed by atoms with Crippen LogP contribution in [0, 0.1) is 0 Å². The first-order chi connectivity index (χ1) is 7.92. The molecule has 0 saturated heterocycles. The highest BCUT2D eigenvalue weighted by Gasteiger charge is 2.27. The zero-order valence-electron chi connectivity index (χ0n) is 9.04. The average molecular weight is 251 g/mol. The Morgan fingerprint density at radius 3 is 2.65 bits per heavy atom. The standard InChI is InChI=1S/C10H12F3NO3/c1-16-8-2-3-9(15)7(4-8)5-14-17-6-10(11,12)13/h2-4,14-15H,5-6H2,1H3. The van der Waals surface area contributed by atoms with E-state index in [4.69, 9.17) is 4.74 Å². The maximum atomic E-state index is 11.7. The molecule has 0 spiro atoms. The second-order valence-corrected chi connectivity index (χ2v) is 3.22. The smallest absolute Gasteiger partial charge is 0.413 e. The van der Waals surface area contributed by atoms with Gasteiger partial charge in [-0.2, -0.15) is 18.7 Å². The molecule has 0 bridgehead atoms. The quantitative estimate of drug-likeness (QED) is 0.620. The van der Waals surface area contributed by atoms with Crippen LogP contribution in [0.15, 0.2) is 18.2 Å². The first-order valence-corrected chi connectivity index (χ1v) is 4.69. The highest BCUT2D eigenvalue weighted by atomic mass is 19.4. The normalized spacial score (nSPS) is 11.5. The molecule has 0 radical (unpaired) electrons. The number of phenols is 1. The van der Waals surface area contributed by atoms with Crippen molar-refractivity contribution in [2.24, 2.45) is 0 Å². The number of aromatic hydroxyl groups is 1. The van der Waals surface area contributed by atoms with Crippen molar-refractivity contribution in [3.8, 4) is 11.5 Å². The second kappa shape index (κ2) is 5.74. The van der Waals surface area contributed by atoms with Gasteiger partial charge in [-0.05, 0) is 18.2 Å². The molecule has 17 heavy (non-hydrogen) atoms. The van der Waals surface area contributed by atoms with Gasteiger partial charge in [0.05, 0.1) is 7.11 Å². The number of nitrogens with one attached hydrogen (secondary N) is 1. The van der Waals surface area contributed by atoms with Crippen molar-refractivity contribution in [1.29, 1.82) is 0 Å². The topological polar surface area (TPSA) is 50.7 Å². The summed E-state index contributed by atoms with van der Waals surface area (Å²) in [4.78, 5) is 4.20. The molecule has 4 nitrogen and oxygen atoms in total. The monoisotopic (exact) mass is 251 g/mol. The highest BCUT2D eigenvalue weighted by Crippen LogP contribution is 2.22. The molecule has 0 unspecified atom stereocenters. The van der Waals surface area contributed by atoms with E-state index in [1.54, 1.807) is 0 Å². The number of hydrogen-bond acceptors (Lipinski definition) is 4. The van der Waals surface area contributed by atoms with Gasteiger partial charge in [0.15, 0.2) is 6.61 Å². The van der Waals surface area contributed by atoms with E-state index in [0.717, 1.165) is 0 Å². The summed E-state index contributed by atoms with van der Waals surface area (Å²) >= 11 is 0. The minimum Gasteiger partial charge on any atom is -0.508 e. The van der Waals surface area contributed by atoms with Crippen molar-refractivity contribution in [3.63, 3.8) is 0 Å². The molecule has 96 valence electrons. The first-order valence-electron chi connectivity index (χ1n) is 4.69. The van der Waals surface area contributed by atoms with Crippen LogP contribution < -0.4 is 10.2 Å². The number of rotatable bonds is 5. The first kappa shape index (κ1) is 13.6. The largest absolute Gasteiger partial charge is 0.508 e. The van der Waals surface area contributed by atoms with Gasteiger partial charge in [0.25, 0.3) is 0 Å². The third kappa shape index (κ3) is 4.92. The highest BCUT2D eigenvalue weighted by molar-refractivity contribution is 5.39. The summed E-state index contributed by atoms with van der Waals surface area (Å²) in [5.41, 5.74) is 2.50. The SMILES string of the molecule is COc1ccc(O)c(CNOCC(F)(F)F)c1. The Kier molecular flexibility index (Phi) is 4.59. The molecule has 0 amide bonds. The van der Waals surface area contributed by atoms with Gasteiger partial charge >= 0.3 is 6.18 Å². The summed E-state index contributed by atoms with van der Waals surface area (Å²) in [5, 5.41) is 9.42. The van der Waals surface area contributed by atoms with Gasteiger partial charge in [-0.3, -0.25) is 4.84 Å². The predicted octanol–water partition coefficient (Wildman–Crippen LogP) is 1.98. The number of benzene rings is 1. The molecule has 7 heteroatoms. The van der Waals surface area contributed by atoms with E-state index in [1.165, 1.54) is 25.3 Å². The van der Waals surface area contributed by atoms with Gasteiger partial charge in [-0.15, -0.1) is 0 Å². The molecule has 1 rings (SSSR count). The molecule has 0 fully saturated rings. The molecule has 0 aliphatic carbocycles. The van der Waals surface area contributed by atoms with Crippen LogP contribution in [-0.2, 0) is 11.4 Å². The van der Waals surface area contributed by atoms with Crippen molar-refractivity contribution >= 4 is 0 Å². The lowest BCUT2D eigenvalue weighted by Gasteiger charge is -2.10. The van der Waals surface area contributed by atoms with Crippen LogP contribution >= 0.6 is 0 Å². The van der Waals surface area contributed by atoms with E-state index in [2.05, 4.69) is 10.3 Å². The molecule has 1 aromatic carbocycles. The van der Waals surface area contributed by atoms with E-state index >= 15 is 0 Å². The molecular weight excluding hydrogens is 239 g/mol. The maximum Gasteiger partial charge on any atom is 0.413 e. The Bertz CT molecular complexity index is 368. The fourth-order valence-electron chi connectivity index (χ4n) is 1.09. The van der Waals surface area contributed by atoms with Crippen LogP contribution in [0.5, 0.6) is 11.5 Å². The molecule has 0 aromatic heterocycles. The van der Waals surface area contributed by atoms with E-state index in [-0.39, 0.29) is 12.3 Å². The van der Waals surface area contributed by atoms with Crippen molar-refractivity contribution in [3.05, 3.63) is 23.8 Å². The van der Waals surface area contributed by atoms with Gasteiger partial charge < -0.3 is 9.84 Å². The van der Waals surface area contributed by atoms with Crippen molar-refractivity contribution in [2.45, 2.75) is 12.7 Å². The fourth-order valence-corrected chi connectivity index (χ4v) is 1.09. The molecule has 0 atom stereocenters. The van der Waals surface area contributed by atoms with Crippen LogP contribution in [-0.4, -0.2) is 25.0 Å². The molecule has 0 aliphatic heterocycles. The van der Waals surface area contributed by atoms with Crippen molar-refractivity contribution in [1.82, 2.24) is 5.48 Å². The number of hydrogen-bond donors (Lipinski definition) is 2. The molecular formula is C10H12F3NO3. The van der Waals surface area contributed by atoms with Gasteiger partial charge in [0.1, 0.15) is 11.5 Å². The predicted molar refractivity (Wildman–Crippen MR) is 53.5 cm³/mol. The lowest BCUT2D eigenvalue weighted by Crippen LogP contribution is -2.24. The Balaban J connectivity index is 2.46. The summed E-state index contributed by atoms with van der Waals surface area (Å²) in [6.45, 7) is -1.45. The van der Waals surface area contributed by atoms with Gasteiger partial charge in [0.2, 0.25) is 0 Å². The maximum absolute atomic E-state index is 11.7. The fraction of sp³-hybridized carbons (Fsp3) is 0.400. The van der Waals surface area contributed by atoms with Gasteiger partial charge in [0, 0.05) is 12.1 Å². The Morgan fingerprint density at radius 2 is 2.06 bits per heavy atom. The number of halogens is 3. The summed E-state index contributed by atoms with van der Waals surface area (Å²) < 4.78 is 40.1. The number of ether oxygens (including phenoxy) is 1. The van der Waals surface area contributed by atoms with E-state index < -0.39 is 12.8 Å². The van der Waals surface area contributed by atoms with E-state index in [0.29, 0.717) is 11.3 Å². The number of methoxy groups -OCH3 is 1. The molecule has 2 N–H and O–H groups in total. The third-order valence-electron chi connectivity index (χ3n) is 1.89. The number of hydroxylamine groups is 1. The van der Waals surface area contributed by atoms with Crippen LogP contribution in [0.2, 0.25) is 0 Å². The molecule has 0 aliphatic rings. The Morgan fingerprint density at radius 1 is 1.35 bits per heavy atom. The summed E-state index contributed by atoms with van der Waals surface area (Å²) in [7, 11) is 1.45. The van der Waals surface area contributed by atoms with E-state index in [1.807, 2.05) is 0 Å². The van der Waals surface area contributed by atoms with E-state index in [9.17, 15) is 18.3 Å². The van der Waals surface area contributed by atoms with Crippen molar-refractivity contribution in [2.75, 3.05) is 13.7 Å². The average Bonchev–Trinajstić information content (AvgIpc) is 2.25.